The van der Waals surface area contributed by atoms with E-state index in [-0.39, 0.29) is 17.5 Å². The fourth-order valence-corrected chi connectivity index (χ4v) is 4.71. The number of aryl methyl sites for hydroxylation is 1. The molecule has 0 bridgehead atoms. The topological polar surface area (TPSA) is 85.3 Å². The largest absolute Gasteiger partial charge is 0.478 e. The molecule has 0 amide bonds. The summed E-state index contributed by atoms with van der Waals surface area (Å²) in [5.41, 5.74) is 3.91. The van der Waals surface area contributed by atoms with Gasteiger partial charge < -0.3 is 19.4 Å². The summed E-state index contributed by atoms with van der Waals surface area (Å²) in [5.74, 6) is -0.207. The fraction of sp³-hybridized carbons (Fsp3) is 0.423. The van der Waals surface area contributed by atoms with E-state index in [2.05, 4.69) is 14.9 Å². The molecule has 0 saturated carbocycles. The highest BCUT2D eigenvalue weighted by Gasteiger charge is 2.24. The molecule has 1 unspecified atom stereocenters. The van der Waals surface area contributed by atoms with E-state index in [9.17, 15) is 9.18 Å². The Balaban J connectivity index is 1.52. The molecule has 4 aromatic rings. The number of imidazole rings is 1. The Morgan fingerprint density at radius 1 is 1.26 bits per heavy atom. The molecule has 0 radical (unpaired) electrons. The molecule has 0 spiro atoms. The zero-order valence-corrected chi connectivity index (χ0v) is 20.3. The Kier molecular flexibility index (Phi) is 6.53. The van der Waals surface area contributed by atoms with Gasteiger partial charge in [-0.15, -0.1) is 0 Å². The summed E-state index contributed by atoms with van der Waals surface area (Å²) in [6, 6.07) is 8.92. The summed E-state index contributed by atoms with van der Waals surface area (Å²) in [5, 5.41) is 0.763. The Morgan fingerprint density at radius 2 is 2.11 bits per heavy atom. The van der Waals surface area contributed by atoms with Gasteiger partial charge in [-0.3, -0.25) is 9.55 Å². The number of hydrogen-bond donors (Lipinski definition) is 1. The number of nitrogens with zero attached hydrogens (tertiary/aromatic N) is 4. The number of ether oxygens (including phenoxy) is 2. The number of benzene rings is 1. The van der Waals surface area contributed by atoms with Crippen molar-refractivity contribution in [1.29, 1.82) is 0 Å². The zero-order chi connectivity index (χ0) is 24.5. The van der Waals surface area contributed by atoms with Crippen molar-refractivity contribution in [3.63, 3.8) is 0 Å². The van der Waals surface area contributed by atoms with E-state index in [1.807, 2.05) is 32.3 Å². The van der Waals surface area contributed by atoms with Crippen molar-refractivity contribution in [1.82, 2.24) is 24.4 Å². The van der Waals surface area contributed by atoms with E-state index in [0.717, 1.165) is 54.5 Å². The molecule has 1 aliphatic rings. The average molecular weight is 480 g/mol. The van der Waals surface area contributed by atoms with Crippen LogP contribution in [0.3, 0.4) is 0 Å². The minimum atomic E-state index is -0.601. The van der Waals surface area contributed by atoms with Crippen LogP contribution in [0, 0.1) is 5.95 Å². The van der Waals surface area contributed by atoms with Crippen molar-refractivity contribution in [2.75, 3.05) is 40.5 Å². The molecule has 1 saturated heterocycles. The lowest BCUT2D eigenvalue weighted by atomic mass is 9.95. The molecule has 8 nitrogen and oxygen atoms in total. The third kappa shape index (κ3) is 4.66. The minimum Gasteiger partial charge on any atom is -0.478 e. The third-order valence-electron chi connectivity index (χ3n) is 6.54. The predicted octanol–water partition coefficient (Wildman–Crippen LogP) is 3.84. The van der Waals surface area contributed by atoms with Crippen molar-refractivity contribution < 1.29 is 13.9 Å². The van der Waals surface area contributed by atoms with Crippen molar-refractivity contribution in [2.45, 2.75) is 25.2 Å². The van der Waals surface area contributed by atoms with E-state index < -0.39 is 5.95 Å². The fourth-order valence-electron chi connectivity index (χ4n) is 4.71. The highest BCUT2D eigenvalue weighted by atomic mass is 19.1. The first kappa shape index (κ1) is 23.4. The van der Waals surface area contributed by atoms with Gasteiger partial charge in [-0.25, -0.2) is 4.79 Å². The number of hydrogen-bond acceptors (Lipinski definition) is 6. The number of pyridine rings is 2. The SMILES string of the molecule is CN(C)CCCOc1ccc(-c2ccc3nc(C4CCCOC4)c4c([nH]c(=O)n4C)c3c2)c(F)n1. The van der Waals surface area contributed by atoms with Crippen molar-refractivity contribution in [3.8, 4) is 17.0 Å². The molecular weight excluding hydrogens is 449 g/mol. The first-order valence-electron chi connectivity index (χ1n) is 12.0. The standard InChI is InChI=1S/C26H30FN5O3/c1-31(2)11-5-13-35-21-10-8-18(25(27)29-21)16-7-9-20-19(14-16)23-24(32(3)26(33)30-23)22(28-20)17-6-4-12-34-15-17/h7-10,14,17H,4-6,11-13,15H2,1-3H3,(H,30,33). The number of fused-ring (bicyclic) bond motifs is 3. The highest BCUT2D eigenvalue weighted by Crippen LogP contribution is 2.34. The van der Waals surface area contributed by atoms with E-state index in [1.54, 1.807) is 23.7 Å². The molecule has 0 aliphatic carbocycles. The maximum Gasteiger partial charge on any atom is 0.326 e. The van der Waals surface area contributed by atoms with Crippen molar-refractivity contribution >= 4 is 21.9 Å². The van der Waals surface area contributed by atoms with Gasteiger partial charge in [-0.2, -0.15) is 9.37 Å². The molecule has 1 N–H and O–H groups in total. The quantitative estimate of drug-likeness (QED) is 0.320. The lowest BCUT2D eigenvalue weighted by Gasteiger charge is -2.23. The van der Waals surface area contributed by atoms with Crippen LogP contribution >= 0.6 is 0 Å². The van der Waals surface area contributed by atoms with Gasteiger partial charge in [0.05, 0.1) is 35.5 Å². The van der Waals surface area contributed by atoms with E-state index in [4.69, 9.17) is 14.5 Å². The minimum absolute atomic E-state index is 0.128. The lowest BCUT2D eigenvalue weighted by Crippen LogP contribution is -2.19. The van der Waals surface area contributed by atoms with E-state index >= 15 is 0 Å². The molecule has 9 heteroatoms. The Morgan fingerprint density at radius 3 is 2.86 bits per heavy atom. The summed E-state index contributed by atoms with van der Waals surface area (Å²) < 4.78 is 27.9. The number of aromatic amines is 1. The van der Waals surface area contributed by atoms with Gasteiger partial charge in [0.1, 0.15) is 0 Å². The molecule has 4 heterocycles. The van der Waals surface area contributed by atoms with Crippen LogP contribution in [0.25, 0.3) is 33.1 Å². The van der Waals surface area contributed by atoms with E-state index in [1.165, 1.54) is 0 Å². The normalized spacial score (nSPS) is 16.4. The molecule has 184 valence electrons. The van der Waals surface area contributed by atoms with Gasteiger partial charge in [-0.1, -0.05) is 6.07 Å². The molecule has 3 aromatic heterocycles. The van der Waals surface area contributed by atoms with Gasteiger partial charge in [-0.05, 0) is 57.1 Å². The van der Waals surface area contributed by atoms with Gasteiger partial charge >= 0.3 is 5.69 Å². The number of nitrogens with one attached hydrogen (secondary N) is 1. The first-order chi connectivity index (χ1) is 16.9. The third-order valence-corrected chi connectivity index (χ3v) is 6.54. The molecule has 1 aliphatic heterocycles. The van der Waals surface area contributed by atoms with Crippen molar-refractivity contribution in [2.24, 2.45) is 7.05 Å². The summed E-state index contributed by atoms with van der Waals surface area (Å²) >= 11 is 0. The van der Waals surface area contributed by atoms with Crippen LogP contribution in [-0.2, 0) is 11.8 Å². The van der Waals surface area contributed by atoms with Crippen LogP contribution in [0.4, 0.5) is 4.39 Å². The van der Waals surface area contributed by atoms with Crippen LogP contribution < -0.4 is 10.4 Å². The summed E-state index contributed by atoms with van der Waals surface area (Å²) in [4.78, 5) is 26.6. The second-order valence-electron chi connectivity index (χ2n) is 9.35. The van der Waals surface area contributed by atoms with Crippen LogP contribution in [0.15, 0.2) is 35.1 Å². The Bertz CT molecular complexity index is 1420. The number of rotatable bonds is 7. The first-order valence-corrected chi connectivity index (χ1v) is 12.0. The molecule has 1 aromatic carbocycles. The summed E-state index contributed by atoms with van der Waals surface area (Å²) in [7, 11) is 5.73. The van der Waals surface area contributed by atoms with Gasteiger partial charge in [0, 0.05) is 43.1 Å². The number of halogens is 1. The molecule has 1 atom stereocenters. The molecular formula is C26H30FN5O3. The highest BCUT2D eigenvalue weighted by molar-refractivity contribution is 6.04. The van der Waals surface area contributed by atoms with E-state index in [0.29, 0.717) is 29.9 Å². The number of aromatic nitrogens is 4. The molecule has 35 heavy (non-hydrogen) atoms. The predicted molar refractivity (Wildman–Crippen MR) is 133 cm³/mol. The smallest absolute Gasteiger partial charge is 0.326 e. The average Bonchev–Trinajstić information content (AvgIpc) is 3.16. The van der Waals surface area contributed by atoms with Crippen LogP contribution in [0.5, 0.6) is 5.88 Å². The van der Waals surface area contributed by atoms with Crippen LogP contribution in [-0.4, -0.2) is 64.9 Å². The van der Waals surface area contributed by atoms with Crippen LogP contribution in [0.1, 0.15) is 30.9 Å². The van der Waals surface area contributed by atoms with Crippen LogP contribution in [0.2, 0.25) is 0 Å². The lowest BCUT2D eigenvalue weighted by molar-refractivity contribution is 0.0797. The zero-order valence-electron chi connectivity index (χ0n) is 20.3. The number of H-pyrrole nitrogens is 1. The molecule has 1 fully saturated rings. The second-order valence-corrected chi connectivity index (χ2v) is 9.35. The Labute approximate surface area is 202 Å². The summed E-state index contributed by atoms with van der Waals surface area (Å²) in [6.07, 6.45) is 2.76. The second kappa shape index (κ2) is 9.75. The summed E-state index contributed by atoms with van der Waals surface area (Å²) in [6.45, 7) is 2.70. The molecule has 5 rings (SSSR count). The maximum absolute atomic E-state index is 15.0. The van der Waals surface area contributed by atoms with Gasteiger partial charge in [0.25, 0.3) is 0 Å². The van der Waals surface area contributed by atoms with Gasteiger partial charge in [0.15, 0.2) is 0 Å². The van der Waals surface area contributed by atoms with Gasteiger partial charge in [0.2, 0.25) is 11.8 Å². The monoisotopic (exact) mass is 479 g/mol. The Hall–Kier alpha value is -3.30. The maximum atomic E-state index is 15.0. The van der Waals surface area contributed by atoms with Crippen molar-refractivity contribution in [3.05, 3.63) is 52.5 Å².